The standard InChI is InChI=1S/C12H15BrF2/c1-8(2)10(7-13)6-9-4-3-5-11(14)12(9)15/h3-5,8,10H,6-7H2,1-2H3. The molecule has 3 heteroatoms. The molecule has 0 bridgehead atoms. The third kappa shape index (κ3) is 3.26. The highest BCUT2D eigenvalue weighted by Crippen LogP contribution is 2.22. The summed E-state index contributed by atoms with van der Waals surface area (Å²) in [5.41, 5.74) is 0.466. The Balaban J connectivity index is 2.84. The van der Waals surface area contributed by atoms with Gasteiger partial charge in [0.15, 0.2) is 11.6 Å². The molecule has 0 nitrogen and oxygen atoms in total. The molecule has 0 amide bonds. The molecule has 1 rings (SSSR count). The van der Waals surface area contributed by atoms with Crippen LogP contribution in [0.3, 0.4) is 0 Å². The van der Waals surface area contributed by atoms with E-state index < -0.39 is 11.6 Å². The Labute approximate surface area is 97.8 Å². The van der Waals surface area contributed by atoms with Gasteiger partial charge in [-0.3, -0.25) is 0 Å². The van der Waals surface area contributed by atoms with Crippen molar-refractivity contribution in [2.45, 2.75) is 20.3 Å². The van der Waals surface area contributed by atoms with Gasteiger partial charge in [0.05, 0.1) is 0 Å². The predicted molar refractivity (Wildman–Crippen MR) is 62.2 cm³/mol. The van der Waals surface area contributed by atoms with E-state index in [0.717, 1.165) is 11.4 Å². The molecule has 0 aliphatic rings. The van der Waals surface area contributed by atoms with Gasteiger partial charge in [-0.05, 0) is 29.9 Å². The first-order valence-corrected chi connectivity index (χ1v) is 6.17. The van der Waals surface area contributed by atoms with Crippen molar-refractivity contribution >= 4 is 15.9 Å². The van der Waals surface area contributed by atoms with Gasteiger partial charge in [-0.25, -0.2) is 8.78 Å². The molecule has 1 aromatic rings. The lowest BCUT2D eigenvalue weighted by Gasteiger charge is -2.18. The van der Waals surface area contributed by atoms with E-state index in [1.165, 1.54) is 0 Å². The molecular weight excluding hydrogens is 262 g/mol. The zero-order chi connectivity index (χ0) is 11.4. The van der Waals surface area contributed by atoms with Gasteiger partial charge in [0.25, 0.3) is 0 Å². The number of rotatable bonds is 4. The van der Waals surface area contributed by atoms with Crippen molar-refractivity contribution in [1.29, 1.82) is 0 Å². The van der Waals surface area contributed by atoms with Crippen molar-refractivity contribution in [1.82, 2.24) is 0 Å². The Morgan fingerprint density at radius 1 is 1.27 bits per heavy atom. The molecule has 0 aromatic heterocycles. The van der Waals surface area contributed by atoms with Crippen LogP contribution in [0.2, 0.25) is 0 Å². The minimum absolute atomic E-state index is 0.335. The lowest BCUT2D eigenvalue weighted by atomic mass is 9.91. The molecule has 0 saturated carbocycles. The van der Waals surface area contributed by atoms with Crippen LogP contribution in [0.25, 0.3) is 0 Å². The molecule has 0 radical (unpaired) electrons. The third-order valence-electron chi connectivity index (χ3n) is 2.65. The normalized spacial score (nSPS) is 13.2. The highest BCUT2D eigenvalue weighted by atomic mass is 79.9. The molecule has 0 spiro atoms. The molecule has 0 aliphatic carbocycles. The molecule has 84 valence electrons. The van der Waals surface area contributed by atoms with Crippen molar-refractivity contribution in [3.8, 4) is 0 Å². The maximum Gasteiger partial charge on any atom is 0.162 e. The minimum atomic E-state index is -0.760. The number of hydrogen-bond acceptors (Lipinski definition) is 0. The molecule has 0 aliphatic heterocycles. The maximum atomic E-state index is 13.4. The van der Waals surface area contributed by atoms with Gasteiger partial charge in [-0.2, -0.15) is 0 Å². The SMILES string of the molecule is CC(C)C(CBr)Cc1cccc(F)c1F. The van der Waals surface area contributed by atoms with Crippen LogP contribution in [-0.2, 0) is 6.42 Å². The number of hydrogen-bond donors (Lipinski definition) is 0. The molecule has 0 fully saturated rings. The molecule has 15 heavy (non-hydrogen) atoms. The van der Waals surface area contributed by atoms with E-state index in [2.05, 4.69) is 29.8 Å². The van der Waals surface area contributed by atoms with Gasteiger partial charge in [-0.1, -0.05) is 41.9 Å². The van der Waals surface area contributed by atoms with Crippen molar-refractivity contribution in [3.63, 3.8) is 0 Å². The first-order chi connectivity index (χ1) is 7.06. The van der Waals surface area contributed by atoms with Gasteiger partial charge in [-0.15, -0.1) is 0 Å². The molecule has 1 unspecified atom stereocenters. The Hall–Kier alpha value is -0.440. The van der Waals surface area contributed by atoms with Crippen LogP contribution in [-0.4, -0.2) is 5.33 Å². The van der Waals surface area contributed by atoms with E-state index in [1.807, 2.05) is 0 Å². The van der Waals surface area contributed by atoms with E-state index in [0.29, 0.717) is 23.8 Å². The fourth-order valence-electron chi connectivity index (χ4n) is 1.46. The van der Waals surface area contributed by atoms with Gasteiger partial charge < -0.3 is 0 Å². The molecule has 0 heterocycles. The summed E-state index contributed by atoms with van der Waals surface area (Å²) in [6, 6.07) is 4.35. The van der Waals surface area contributed by atoms with Crippen molar-refractivity contribution in [3.05, 3.63) is 35.4 Å². The fraction of sp³-hybridized carbons (Fsp3) is 0.500. The summed E-state index contributed by atoms with van der Waals surface area (Å²) in [7, 11) is 0. The van der Waals surface area contributed by atoms with Crippen molar-refractivity contribution < 1.29 is 8.78 Å². The fourth-order valence-corrected chi connectivity index (χ4v) is 2.43. The van der Waals surface area contributed by atoms with Gasteiger partial charge in [0, 0.05) is 5.33 Å². The van der Waals surface area contributed by atoms with Crippen LogP contribution in [0, 0.1) is 23.5 Å². The Bertz CT molecular complexity index is 323. The zero-order valence-corrected chi connectivity index (χ0v) is 10.5. The summed E-state index contributed by atoms with van der Waals surface area (Å²) in [6.07, 6.45) is 0.576. The van der Waals surface area contributed by atoms with Gasteiger partial charge >= 0.3 is 0 Å². The molecule has 1 atom stereocenters. The van der Waals surface area contributed by atoms with E-state index in [1.54, 1.807) is 12.1 Å². The maximum absolute atomic E-state index is 13.4. The van der Waals surface area contributed by atoms with Gasteiger partial charge in [0.1, 0.15) is 0 Å². The van der Waals surface area contributed by atoms with Crippen LogP contribution in [0.4, 0.5) is 8.78 Å². The summed E-state index contributed by atoms with van der Waals surface area (Å²) in [6.45, 7) is 4.17. The zero-order valence-electron chi connectivity index (χ0n) is 8.93. The smallest absolute Gasteiger partial charge is 0.162 e. The second kappa shape index (κ2) is 5.59. The average molecular weight is 277 g/mol. The Kier molecular flexibility index (Phi) is 4.71. The lowest BCUT2D eigenvalue weighted by molar-refractivity contribution is 0.413. The second-order valence-electron chi connectivity index (χ2n) is 4.08. The number of alkyl halides is 1. The predicted octanol–water partition coefficient (Wildman–Crippen LogP) is 4.17. The average Bonchev–Trinajstić information content (AvgIpc) is 2.19. The molecule has 0 N–H and O–H groups in total. The number of benzene rings is 1. The van der Waals surface area contributed by atoms with Crippen LogP contribution < -0.4 is 0 Å². The van der Waals surface area contributed by atoms with E-state index in [-0.39, 0.29) is 0 Å². The minimum Gasteiger partial charge on any atom is -0.204 e. The highest BCUT2D eigenvalue weighted by Gasteiger charge is 2.16. The Morgan fingerprint density at radius 2 is 1.93 bits per heavy atom. The van der Waals surface area contributed by atoms with E-state index >= 15 is 0 Å². The summed E-state index contributed by atoms with van der Waals surface area (Å²) in [4.78, 5) is 0. The van der Waals surface area contributed by atoms with E-state index in [4.69, 9.17) is 0 Å². The van der Waals surface area contributed by atoms with Crippen LogP contribution >= 0.6 is 15.9 Å². The van der Waals surface area contributed by atoms with E-state index in [9.17, 15) is 8.78 Å². The first kappa shape index (κ1) is 12.6. The van der Waals surface area contributed by atoms with Crippen LogP contribution in [0.15, 0.2) is 18.2 Å². The monoisotopic (exact) mass is 276 g/mol. The topological polar surface area (TPSA) is 0 Å². The quantitative estimate of drug-likeness (QED) is 0.724. The molecule has 1 aromatic carbocycles. The highest BCUT2D eigenvalue weighted by molar-refractivity contribution is 9.09. The largest absolute Gasteiger partial charge is 0.204 e. The summed E-state index contributed by atoms with van der Waals surface area (Å²) >= 11 is 3.40. The summed E-state index contributed by atoms with van der Waals surface area (Å²) < 4.78 is 26.3. The van der Waals surface area contributed by atoms with Crippen LogP contribution in [0.5, 0.6) is 0 Å². The molecule has 0 saturated heterocycles. The summed E-state index contributed by atoms with van der Waals surface area (Å²) in [5, 5.41) is 0.806. The van der Waals surface area contributed by atoms with Crippen LogP contribution in [0.1, 0.15) is 19.4 Å². The lowest BCUT2D eigenvalue weighted by Crippen LogP contribution is -2.14. The van der Waals surface area contributed by atoms with Gasteiger partial charge in [0.2, 0.25) is 0 Å². The number of halogens is 3. The molecular formula is C12H15BrF2. The first-order valence-electron chi connectivity index (χ1n) is 5.05. The summed E-state index contributed by atoms with van der Waals surface area (Å²) in [5.74, 6) is -0.679. The van der Waals surface area contributed by atoms with Crippen molar-refractivity contribution in [2.24, 2.45) is 11.8 Å². The second-order valence-corrected chi connectivity index (χ2v) is 4.72. The Morgan fingerprint density at radius 3 is 2.47 bits per heavy atom. The van der Waals surface area contributed by atoms with Crippen molar-refractivity contribution in [2.75, 3.05) is 5.33 Å². The third-order valence-corrected chi connectivity index (χ3v) is 3.49.